The van der Waals surface area contributed by atoms with Gasteiger partial charge in [0.1, 0.15) is 5.65 Å². The molecule has 6 nitrogen and oxygen atoms in total. The second kappa shape index (κ2) is 6.57. The zero-order chi connectivity index (χ0) is 18.2. The van der Waals surface area contributed by atoms with Crippen LogP contribution in [0.25, 0.3) is 22.4 Å². The molecular weight excluding hydrogens is 345 g/mol. The number of aromatic amines is 1. The van der Waals surface area contributed by atoms with Crippen molar-refractivity contribution in [3.05, 3.63) is 35.5 Å². The van der Waals surface area contributed by atoms with Gasteiger partial charge in [-0.15, -0.1) is 0 Å². The molecule has 1 atom stereocenters. The molecule has 3 aromatic rings. The molecule has 0 spiro atoms. The minimum Gasteiger partial charge on any atom is -0.394 e. The third kappa shape index (κ3) is 3.57. The smallest absolute Gasteiger partial charge is 0.183 e. The van der Waals surface area contributed by atoms with Crippen LogP contribution in [0.1, 0.15) is 20.8 Å². The summed E-state index contributed by atoms with van der Waals surface area (Å²) in [6.07, 6.45) is 4.36. The molecule has 0 amide bonds. The van der Waals surface area contributed by atoms with Crippen LogP contribution in [0.2, 0.25) is 5.02 Å². The van der Waals surface area contributed by atoms with Gasteiger partial charge in [-0.1, -0.05) is 32.4 Å². The van der Waals surface area contributed by atoms with E-state index in [9.17, 15) is 9.50 Å². The Labute approximate surface area is 149 Å². The number of hydrogen-bond donors (Lipinski definition) is 3. The summed E-state index contributed by atoms with van der Waals surface area (Å²) in [6, 6.07) is 1.39. The van der Waals surface area contributed by atoms with Crippen molar-refractivity contribution in [3.63, 3.8) is 0 Å². The molecule has 3 heterocycles. The average Bonchev–Trinajstić information content (AvgIpc) is 2.96. The Morgan fingerprint density at radius 1 is 1.32 bits per heavy atom. The fourth-order valence-electron chi connectivity index (χ4n) is 2.46. The fourth-order valence-corrected chi connectivity index (χ4v) is 2.62. The van der Waals surface area contributed by atoms with Crippen LogP contribution in [0.15, 0.2) is 24.7 Å². The van der Waals surface area contributed by atoms with Gasteiger partial charge in [0.25, 0.3) is 0 Å². The molecule has 0 radical (unpaired) electrons. The fraction of sp³-hybridized carbons (Fsp3) is 0.353. The molecule has 0 aromatic carbocycles. The van der Waals surface area contributed by atoms with E-state index < -0.39 is 5.82 Å². The van der Waals surface area contributed by atoms with Crippen molar-refractivity contribution < 1.29 is 9.50 Å². The van der Waals surface area contributed by atoms with Gasteiger partial charge in [-0.2, -0.15) is 0 Å². The maximum Gasteiger partial charge on any atom is 0.183 e. The highest BCUT2D eigenvalue weighted by Crippen LogP contribution is 2.29. The van der Waals surface area contributed by atoms with E-state index in [1.54, 1.807) is 12.3 Å². The number of halogens is 2. The van der Waals surface area contributed by atoms with E-state index in [0.717, 1.165) is 11.6 Å². The summed E-state index contributed by atoms with van der Waals surface area (Å²) in [5, 5.41) is 13.8. The molecule has 0 saturated carbocycles. The van der Waals surface area contributed by atoms with Crippen molar-refractivity contribution in [1.82, 2.24) is 19.9 Å². The number of aromatic nitrogens is 4. The summed E-state index contributed by atoms with van der Waals surface area (Å²) in [6.45, 7) is 5.71. The summed E-state index contributed by atoms with van der Waals surface area (Å²) in [5.74, 6) is -0.199. The predicted octanol–water partition coefficient (Wildman–Crippen LogP) is 3.63. The van der Waals surface area contributed by atoms with Gasteiger partial charge in [-0.25, -0.2) is 19.3 Å². The molecule has 25 heavy (non-hydrogen) atoms. The first kappa shape index (κ1) is 17.6. The first-order chi connectivity index (χ1) is 11.8. The lowest BCUT2D eigenvalue weighted by Crippen LogP contribution is -2.37. The maximum atomic E-state index is 14.2. The SMILES string of the molecule is CC(C)(C)[C@@H](CO)Nc1nc(-c2c[nH]c3ncc(Cl)cc23)ncc1F. The molecule has 132 valence electrons. The molecule has 0 unspecified atom stereocenters. The number of hydrogen-bond acceptors (Lipinski definition) is 5. The molecule has 3 aromatic heterocycles. The van der Waals surface area contributed by atoms with Gasteiger partial charge in [-0.3, -0.25) is 0 Å². The normalized spacial score (nSPS) is 13.2. The van der Waals surface area contributed by atoms with Crippen LogP contribution in [0.3, 0.4) is 0 Å². The largest absolute Gasteiger partial charge is 0.394 e. The van der Waals surface area contributed by atoms with Crippen LogP contribution in [0.5, 0.6) is 0 Å². The van der Waals surface area contributed by atoms with Crippen molar-refractivity contribution in [2.24, 2.45) is 5.41 Å². The van der Waals surface area contributed by atoms with Gasteiger partial charge >= 0.3 is 0 Å². The van der Waals surface area contributed by atoms with Crippen molar-refractivity contribution in [2.45, 2.75) is 26.8 Å². The molecule has 0 aliphatic rings. The Morgan fingerprint density at radius 2 is 2.08 bits per heavy atom. The van der Waals surface area contributed by atoms with Crippen molar-refractivity contribution >= 4 is 28.5 Å². The second-order valence-electron chi connectivity index (χ2n) is 6.89. The number of rotatable bonds is 4. The topological polar surface area (TPSA) is 86.7 Å². The van der Waals surface area contributed by atoms with Gasteiger partial charge in [-0.05, 0) is 11.5 Å². The molecule has 0 fully saturated rings. The van der Waals surface area contributed by atoms with Gasteiger partial charge in [0.05, 0.1) is 23.9 Å². The van der Waals surface area contributed by atoms with E-state index in [1.165, 1.54) is 6.20 Å². The summed E-state index contributed by atoms with van der Waals surface area (Å²) in [5.41, 5.74) is 1.04. The molecule has 3 N–H and O–H groups in total. The number of fused-ring (bicyclic) bond motifs is 1. The van der Waals surface area contributed by atoms with Gasteiger partial charge in [0.15, 0.2) is 17.5 Å². The number of anilines is 1. The number of pyridine rings is 1. The van der Waals surface area contributed by atoms with Crippen LogP contribution >= 0.6 is 11.6 Å². The zero-order valence-electron chi connectivity index (χ0n) is 14.1. The van der Waals surface area contributed by atoms with Crippen LogP contribution in [-0.2, 0) is 0 Å². The quantitative estimate of drug-likeness (QED) is 0.659. The van der Waals surface area contributed by atoms with Crippen LogP contribution in [0.4, 0.5) is 10.2 Å². The highest BCUT2D eigenvalue weighted by atomic mass is 35.5. The second-order valence-corrected chi connectivity index (χ2v) is 7.32. The highest BCUT2D eigenvalue weighted by Gasteiger charge is 2.25. The van der Waals surface area contributed by atoms with Crippen LogP contribution in [0, 0.1) is 11.2 Å². The number of nitrogens with zero attached hydrogens (tertiary/aromatic N) is 3. The van der Waals surface area contributed by atoms with Crippen molar-refractivity contribution in [3.8, 4) is 11.4 Å². The molecule has 8 heteroatoms. The summed E-state index contributed by atoms with van der Waals surface area (Å²) < 4.78 is 14.2. The monoisotopic (exact) mass is 363 g/mol. The number of aliphatic hydroxyl groups excluding tert-OH is 1. The van der Waals surface area contributed by atoms with Crippen molar-refractivity contribution in [1.29, 1.82) is 0 Å². The number of nitrogens with one attached hydrogen (secondary N) is 2. The van der Waals surface area contributed by atoms with Crippen LogP contribution < -0.4 is 5.32 Å². The van der Waals surface area contributed by atoms with Gasteiger partial charge in [0, 0.05) is 23.3 Å². The molecule has 0 bridgehead atoms. The van der Waals surface area contributed by atoms with E-state index >= 15 is 0 Å². The highest BCUT2D eigenvalue weighted by molar-refractivity contribution is 6.31. The first-order valence-electron chi connectivity index (χ1n) is 7.82. The number of H-pyrrole nitrogens is 1. The molecular formula is C17H19ClFN5O. The Bertz CT molecular complexity index is 906. The predicted molar refractivity (Wildman–Crippen MR) is 96.0 cm³/mol. The lowest BCUT2D eigenvalue weighted by Gasteiger charge is -2.30. The lowest BCUT2D eigenvalue weighted by molar-refractivity contribution is 0.201. The minimum atomic E-state index is -0.581. The van der Waals surface area contributed by atoms with Gasteiger partial charge < -0.3 is 15.4 Å². The third-order valence-corrected chi connectivity index (χ3v) is 4.23. The average molecular weight is 364 g/mol. The van der Waals surface area contributed by atoms with E-state index in [2.05, 4.69) is 25.3 Å². The lowest BCUT2D eigenvalue weighted by atomic mass is 9.87. The third-order valence-electron chi connectivity index (χ3n) is 4.02. The van der Waals surface area contributed by atoms with Crippen molar-refractivity contribution in [2.75, 3.05) is 11.9 Å². The van der Waals surface area contributed by atoms with E-state index in [1.807, 2.05) is 20.8 Å². The first-order valence-corrected chi connectivity index (χ1v) is 8.20. The molecule has 0 aliphatic heterocycles. The Morgan fingerprint density at radius 3 is 2.76 bits per heavy atom. The number of aliphatic hydroxyl groups is 1. The molecule has 3 rings (SSSR count). The summed E-state index contributed by atoms with van der Waals surface area (Å²) in [4.78, 5) is 15.6. The summed E-state index contributed by atoms with van der Waals surface area (Å²) >= 11 is 6.01. The molecule has 0 aliphatic carbocycles. The Kier molecular flexibility index (Phi) is 4.62. The van der Waals surface area contributed by atoms with Gasteiger partial charge in [0.2, 0.25) is 0 Å². The standard InChI is InChI=1S/C17H19ClFN5O/c1-17(2,3)13(8-25)23-16-12(19)7-22-15(24-16)11-6-21-14-10(11)4-9(18)5-20-14/h4-7,13,25H,8H2,1-3H3,(H,20,21)(H,22,23,24)/t13-/m1/s1. The van der Waals surface area contributed by atoms with Crippen LogP contribution in [-0.4, -0.2) is 37.7 Å². The van der Waals surface area contributed by atoms with E-state index in [0.29, 0.717) is 22.1 Å². The maximum absolute atomic E-state index is 14.2. The Balaban J connectivity index is 2.02. The Hall–Kier alpha value is -2.25. The zero-order valence-corrected chi connectivity index (χ0v) is 14.9. The minimum absolute atomic E-state index is 0.0447. The summed E-state index contributed by atoms with van der Waals surface area (Å²) in [7, 11) is 0. The molecule has 0 saturated heterocycles. The van der Waals surface area contributed by atoms with E-state index in [4.69, 9.17) is 11.6 Å². The van der Waals surface area contributed by atoms with E-state index in [-0.39, 0.29) is 23.9 Å².